The van der Waals surface area contributed by atoms with Gasteiger partial charge in [-0.3, -0.25) is 9.59 Å². The van der Waals surface area contributed by atoms with Gasteiger partial charge in [0.25, 0.3) is 0 Å². The smallest absolute Gasteiger partial charge is 0.305 e. The molecule has 20 heavy (non-hydrogen) atoms. The van der Waals surface area contributed by atoms with E-state index in [2.05, 4.69) is 4.74 Å². The van der Waals surface area contributed by atoms with Crippen LogP contribution in [-0.4, -0.2) is 26.0 Å². The summed E-state index contributed by atoms with van der Waals surface area (Å²) in [5, 5.41) is 1.80. The van der Waals surface area contributed by atoms with Crippen LogP contribution in [0.5, 0.6) is 5.75 Å². The highest BCUT2D eigenvalue weighted by Gasteiger charge is 2.17. The molecule has 2 aromatic rings. The molecular formula is C16H16O4. The zero-order valence-corrected chi connectivity index (χ0v) is 11.5. The number of rotatable bonds is 5. The molecule has 0 radical (unpaired) electrons. The van der Waals surface area contributed by atoms with Crippen molar-refractivity contribution in [1.29, 1.82) is 0 Å². The van der Waals surface area contributed by atoms with E-state index in [1.54, 1.807) is 6.07 Å². The Balaban J connectivity index is 2.40. The van der Waals surface area contributed by atoms with Crippen molar-refractivity contribution in [2.45, 2.75) is 12.8 Å². The van der Waals surface area contributed by atoms with Gasteiger partial charge >= 0.3 is 5.97 Å². The molecule has 0 amide bonds. The van der Waals surface area contributed by atoms with Crippen LogP contribution in [0.1, 0.15) is 23.2 Å². The molecule has 0 saturated carbocycles. The third kappa shape index (κ3) is 2.79. The Morgan fingerprint density at radius 2 is 1.75 bits per heavy atom. The van der Waals surface area contributed by atoms with Gasteiger partial charge < -0.3 is 9.47 Å². The highest BCUT2D eigenvalue weighted by Crippen LogP contribution is 2.29. The number of ether oxygens (including phenoxy) is 2. The fourth-order valence-electron chi connectivity index (χ4n) is 2.15. The molecule has 0 atom stereocenters. The number of esters is 1. The lowest BCUT2D eigenvalue weighted by molar-refractivity contribution is -0.140. The summed E-state index contributed by atoms with van der Waals surface area (Å²) in [6.45, 7) is 0. The summed E-state index contributed by atoms with van der Waals surface area (Å²) in [6, 6.07) is 11.3. The number of Topliss-reactive ketones (excluding diaryl/α,β-unsaturated/α-hetero) is 1. The molecule has 0 spiro atoms. The molecule has 0 aliphatic heterocycles. The van der Waals surface area contributed by atoms with Gasteiger partial charge in [-0.05, 0) is 16.8 Å². The van der Waals surface area contributed by atoms with Gasteiger partial charge in [-0.25, -0.2) is 0 Å². The van der Waals surface area contributed by atoms with Crippen LogP contribution < -0.4 is 4.74 Å². The fraction of sp³-hybridized carbons (Fsp3) is 0.250. The van der Waals surface area contributed by atoms with Gasteiger partial charge in [0.05, 0.1) is 26.2 Å². The standard InChI is InChI=1S/C16H16O4/c1-19-14-9-7-11-5-3-4-6-12(11)16(14)13(17)8-10-15(18)20-2/h3-7,9H,8,10H2,1-2H3. The van der Waals surface area contributed by atoms with Crippen molar-refractivity contribution in [3.63, 3.8) is 0 Å². The quantitative estimate of drug-likeness (QED) is 0.620. The summed E-state index contributed by atoms with van der Waals surface area (Å²) in [5.41, 5.74) is 0.523. The van der Waals surface area contributed by atoms with Gasteiger partial charge in [-0.1, -0.05) is 30.3 Å². The Kier molecular flexibility index (Phi) is 4.35. The maximum Gasteiger partial charge on any atom is 0.305 e. The Bertz CT molecular complexity index is 646. The number of benzene rings is 2. The van der Waals surface area contributed by atoms with Crippen molar-refractivity contribution in [1.82, 2.24) is 0 Å². The average Bonchev–Trinajstić information content (AvgIpc) is 2.50. The molecule has 0 unspecified atom stereocenters. The number of ketones is 1. The van der Waals surface area contributed by atoms with Crippen LogP contribution >= 0.6 is 0 Å². The highest BCUT2D eigenvalue weighted by atomic mass is 16.5. The third-order valence-electron chi connectivity index (χ3n) is 3.17. The second kappa shape index (κ2) is 6.19. The number of methoxy groups -OCH3 is 2. The summed E-state index contributed by atoms with van der Waals surface area (Å²) in [6.07, 6.45) is 0.179. The Hall–Kier alpha value is -2.36. The maximum absolute atomic E-state index is 12.4. The van der Waals surface area contributed by atoms with Gasteiger partial charge in [-0.2, -0.15) is 0 Å². The van der Waals surface area contributed by atoms with E-state index in [4.69, 9.17) is 4.74 Å². The van der Waals surface area contributed by atoms with Gasteiger partial charge in [-0.15, -0.1) is 0 Å². The zero-order chi connectivity index (χ0) is 14.5. The fourth-order valence-corrected chi connectivity index (χ4v) is 2.15. The van der Waals surface area contributed by atoms with Gasteiger partial charge in [0.1, 0.15) is 5.75 Å². The second-order valence-corrected chi connectivity index (χ2v) is 4.36. The van der Waals surface area contributed by atoms with Crippen LogP contribution in [0.4, 0.5) is 0 Å². The molecule has 104 valence electrons. The van der Waals surface area contributed by atoms with Gasteiger partial charge in [0.2, 0.25) is 0 Å². The van der Waals surface area contributed by atoms with Crippen LogP contribution in [0.2, 0.25) is 0 Å². The number of carbonyl (C=O) groups is 2. The number of hydrogen-bond acceptors (Lipinski definition) is 4. The highest BCUT2D eigenvalue weighted by molar-refractivity contribution is 6.11. The third-order valence-corrected chi connectivity index (χ3v) is 3.17. The molecule has 0 aliphatic carbocycles. The molecule has 0 heterocycles. The monoisotopic (exact) mass is 272 g/mol. The minimum absolute atomic E-state index is 0.0711. The van der Waals surface area contributed by atoms with E-state index in [9.17, 15) is 9.59 Å². The predicted molar refractivity (Wildman–Crippen MR) is 76.1 cm³/mol. The Labute approximate surface area is 117 Å². The SMILES string of the molecule is COC(=O)CCC(=O)c1c(OC)ccc2ccccc12. The lowest BCUT2D eigenvalue weighted by Gasteiger charge is -2.11. The Morgan fingerprint density at radius 3 is 2.45 bits per heavy atom. The van der Waals surface area contributed by atoms with E-state index in [0.717, 1.165) is 10.8 Å². The van der Waals surface area contributed by atoms with E-state index in [0.29, 0.717) is 11.3 Å². The molecule has 0 fully saturated rings. The largest absolute Gasteiger partial charge is 0.496 e. The Morgan fingerprint density at radius 1 is 1.00 bits per heavy atom. The first kappa shape index (κ1) is 14.1. The van der Waals surface area contributed by atoms with Crippen molar-refractivity contribution in [2.24, 2.45) is 0 Å². The molecule has 4 nitrogen and oxygen atoms in total. The van der Waals surface area contributed by atoms with Crippen LogP contribution in [0.3, 0.4) is 0 Å². The van der Waals surface area contributed by atoms with E-state index >= 15 is 0 Å². The van der Waals surface area contributed by atoms with Crippen LogP contribution in [0.15, 0.2) is 36.4 Å². The molecular weight excluding hydrogens is 256 g/mol. The lowest BCUT2D eigenvalue weighted by atomic mass is 9.98. The van der Waals surface area contributed by atoms with E-state index in [1.165, 1.54) is 14.2 Å². The molecule has 0 bridgehead atoms. The molecule has 4 heteroatoms. The van der Waals surface area contributed by atoms with E-state index in [-0.39, 0.29) is 18.6 Å². The first-order valence-electron chi connectivity index (χ1n) is 6.33. The molecule has 2 aromatic carbocycles. The molecule has 0 saturated heterocycles. The minimum Gasteiger partial charge on any atom is -0.496 e. The zero-order valence-electron chi connectivity index (χ0n) is 11.5. The lowest BCUT2D eigenvalue weighted by Crippen LogP contribution is -2.08. The van der Waals surface area contributed by atoms with E-state index in [1.807, 2.05) is 30.3 Å². The first-order valence-corrected chi connectivity index (χ1v) is 6.33. The van der Waals surface area contributed by atoms with Crippen molar-refractivity contribution >= 4 is 22.5 Å². The summed E-state index contributed by atoms with van der Waals surface area (Å²) < 4.78 is 9.83. The average molecular weight is 272 g/mol. The van der Waals surface area contributed by atoms with Crippen LogP contribution in [0, 0.1) is 0 Å². The number of fused-ring (bicyclic) bond motifs is 1. The van der Waals surface area contributed by atoms with Gasteiger partial charge in [0, 0.05) is 6.42 Å². The first-order chi connectivity index (χ1) is 9.67. The number of hydrogen-bond donors (Lipinski definition) is 0. The summed E-state index contributed by atoms with van der Waals surface area (Å²) in [5.74, 6) is 0.0140. The second-order valence-electron chi connectivity index (χ2n) is 4.36. The molecule has 0 aliphatic rings. The normalized spacial score (nSPS) is 10.3. The van der Waals surface area contributed by atoms with Gasteiger partial charge in [0.15, 0.2) is 5.78 Å². The molecule has 2 rings (SSSR count). The minimum atomic E-state index is -0.391. The molecule has 0 N–H and O–H groups in total. The van der Waals surface area contributed by atoms with Crippen molar-refractivity contribution in [3.05, 3.63) is 42.0 Å². The van der Waals surface area contributed by atoms with Crippen molar-refractivity contribution in [2.75, 3.05) is 14.2 Å². The van der Waals surface area contributed by atoms with E-state index < -0.39 is 5.97 Å². The summed E-state index contributed by atoms with van der Waals surface area (Å²) in [4.78, 5) is 23.5. The van der Waals surface area contributed by atoms with Crippen molar-refractivity contribution < 1.29 is 19.1 Å². The maximum atomic E-state index is 12.4. The van der Waals surface area contributed by atoms with Crippen molar-refractivity contribution in [3.8, 4) is 5.75 Å². The van der Waals surface area contributed by atoms with Crippen LogP contribution in [0.25, 0.3) is 10.8 Å². The topological polar surface area (TPSA) is 52.6 Å². The molecule has 0 aromatic heterocycles. The predicted octanol–water partition coefficient (Wildman–Crippen LogP) is 2.98. The number of carbonyl (C=O) groups excluding carboxylic acids is 2. The summed E-state index contributed by atoms with van der Waals surface area (Å²) >= 11 is 0. The van der Waals surface area contributed by atoms with Crippen LogP contribution in [-0.2, 0) is 9.53 Å². The summed E-state index contributed by atoms with van der Waals surface area (Å²) in [7, 11) is 2.84.